The fourth-order valence-corrected chi connectivity index (χ4v) is 4.54. The number of benzene rings is 1. The van der Waals surface area contributed by atoms with E-state index in [0.29, 0.717) is 37.0 Å². The van der Waals surface area contributed by atoms with Crippen LogP contribution in [0.1, 0.15) is 15.4 Å². The molecule has 0 aliphatic carbocycles. The third kappa shape index (κ3) is 3.64. The van der Waals surface area contributed by atoms with E-state index in [4.69, 9.17) is 13.9 Å². The minimum absolute atomic E-state index is 0.166. The molecule has 0 radical (unpaired) electrons. The van der Waals surface area contributed by atoms with Gasteiger partial charge in [0.05, 0.1) is 12.8 Å². The van der Waals surface area contributed by atoms with Gasteiger partial charge in [0.15, 0.2) is 11.5 Å². The van der Waals surface area contributed by atoms with Gasteiger partial charge in [-0.05, 0) is 29.6 Å². The zero-order chi connectivity index (χ0) is 19.6. The molecule has 0 spiro atoms. The number of carbonyl (C=O) groups is 1. The molecule has 1 aliphatic heterocycles. The van der Waals surface area contributed by atoms with E-state index >= 15 is 0 Å². The van der Waals surface area contributed by atoms with Gasteiger partial charge >= 0.3 is 0 Å². The highest BCUT2D eigenvalue weighted by Crippen LogP contribution is 2.35. The van der Waals surface area contributed by atoms with Crippen molar-refractivity contribution in [3.63, 3.8) is 0 Å². The van der Waals surface area contributed by atoms with Crippen LogP contribution in [-0.2, 0) is 6.54 Å². The number of carbonyl (C=O) groups excluding carboxylic acids is 1. The van der Waals surface area contributed by atoms with Gasteiger partial charge in [0, 0.05) is 27.6 Å². The van der Waals surface area contributed by atoms with Crippen LogP contribution < -0.4 is 14.4 Å². The van der Waals surface area contributed by atoms with Crippen molar-refractivity contribution < 1.29 is 18.7 Å². The summed E-state index contributed by atoms with van der Waals surface area (Å²) < 4.78 is 16.4. The number of nitrogens with zero attached hydrogens (tertiary/aromatic N) is 2. The van der Waals surface area contributed by atoms with Gasteiger partial charge in [-0.3, -0.25) is 4.79 Å². The topological polar surface area (TPSA) is 64.8 Å². The molecule has 0 unspecified atom stereocenters. The van der Waals surface area contributed by atoms with Crippen LogP contribution in [0.25, 0.3) is 10.6 Å². The first-order valence-corrected chi connectivity index (χ1v) is 10.8. The minimum Gasteiger partial charge on any atom is -0.486 e. The molecule has 6 nitrogen and oxygen atoms in total. The monoisotopic (exact) mass is 424 g/mol. The fraction of sp³-hybridized carbons (Fsp3) is 0.143. The Bertz CT molecular complexity index is 1120. The van der Waals surface area contributed by atoms with Crippen LogP contribution >= 0.6 is 22.7 Å². The molecule has 0 fully saturated rings. The van der Waals surface area contributed by atoms with Crippen molar-refractivity contribution in [2.75, 3.05) is 18.1 Å². The summed E-state index contributed by atoms with van der Waals surface area (Å²) >= 11 is 3.03. The number of fused-ring (bicyclic) bond motifs is 1. The van der Waals surface area contributed by atoms with Crippen LogP contribution in [0.2, 0.25) is 0 Å². The number of furan rings is 1. The van der Waals surface area contributed by atoms with Gasteiger partial charge in [0.1, 0.15) is 30.2 Å². The lowest BCUT2D eigenvalue weighted by atomic mass is 10.2. The van der Waals surface area contributed by atoms with Crippen LogP contribution in [-0.4, -0.2) is 24.1 Å². The lowest BCUT2D eigenvalue weighted by Crippen LogP contribution is -2.30. The van der Waals surface area contributed by atoms with Crippen LogP contribution in [0, 0.1) is 0 Å². The molecule has 4 heterocycles. The number of anilines is 1. The van der Waals surface area contributed by atoms with E-state index in [-0.39, 0.29) is 5.91 Å². The molecule has 1 aliphatic rings. The minimum atomic E-state index is -0.166. The Kier molecular flexibility index (Phi) is 4.79. The first-order valence-electron chi connectivity index (χ1n) is 9.00. The lowest BCUT2D eigenvalue weighted by molar-refractivity contribution is 0.0981. The summed E-state index contributed by atoms with van der Waals surface area (Å²) in [6.07, 6.45) is 3.22. The summed E-state index contributed by atoms with van der Waals surface area (Å²) in [5.41, 5.74) is 2.00. The van der Waals surface area contributed by atoms with Crippen molar-refractivity contribution >= 4 is 34.3 Å². The van der Waals surface area contributed by atoms with E-state index in [9.17, 15) is 4.79 Å². The van der Waals surface area contributed by atoms with Gasteiger partial charge in [-0.25, -0.2) is 4.98 Å². The van der Waals surface area contributed by atoms with Crippen molar-refractivity contribution in [3.05, 3.63) is 70.3 Å². The van der Waals surface area contributed by atoms with Crippen LogP contribution in [0.3, 0.4) is 0 Å². The molecule has 1 amide bonds. The van der Waals surface area contributed by atoms with Crippen molar-refractivity contribution in [2.24, 2.45) is 0 Å². The van der Waals surface area contributed by atoms with Gasteiger partial charge in [0.25, 0.3) is 5.91 Å². The average molecular weight is 425 g/mol. The first kappa shape index (κ1) is 18.0. The van der Waals surface area contributed by atoms with Crippen molar-refractivity contribution in [1.82, 2.24) is 4.98 Å². The quantitative estimate of drug-likeness (QED) is 0.447. The summed E-state index contributed by atoms with van der Waals surface area (Å²) in [6, 6.07) is 11.4. The zero-order valence-corrected chi connectivity index (χ0v) is 16.9. The number of hydrogen-bond acceptors (Lipinski definition) is 7. The van der Waals surface area contributed by atoms with Crippen LogP contribution in [0.5, 0.6) is 11.5 Å². The molecule has 0 saturated heterocycles. The number of thiophene rings is 1. The normalized spacial score (nSPS) is 12.7. The molecule has 29 heavy (non-hydrogen) atoms. The van der Waals surface area contributed by atoms with Crippen molar-refractivity contribution in [2.45, 2.75) is 6.54 Å². The van der Waals surface area contributed by atoms with Crippen molar-refractivity contribution in [3.8, 4) is 22.1 Å². The number of ether oxygens (including phenoxy) is 2. The maximum Gasteiger partial charge on any atom is 0.278 e. The molecular weight excluding hydrogens is 408 g/mol. The lowest BCUT2D eigenvalue weighted by Gasteiger charge is -2.24. The van der Waals surface area contributed by atoms with Gasteiger partial charge < -0.3 is 18.8 Å². The van der Waals surface area contributed by atoms with Gasteiger partial charge in [-0.2, -0.15) is 0 Å². The number of amides is 1. The van der Waals surface area contributed by atoms with Gasteiger partial charge in [-0.15, -0.1) is 22.7 Å². The van der Waals surface area contributed by atoms with Crippen LogP contribution in [0.4, 0.5) is 5.69 Å². The van der Waals surface area contributed by atoms with Gasteiger partial charge in [-0.1, -0.05) is 6.07 Å². The molecular formula is C21H16N2O4S2. The van der Waals surface area contributed by atoms with E-state index in [0.717, 1.165) is 21.1 Å². The molecule has 1 aromatic carbocycles. The molecule has 4 aromatic rings. The smallest absolute Gasteiger partial charge is 0.278 e. The average Bonchev–Trinajstić information content (AvgIpc) is 3.53. The summed E-state index contributed by atoms with van der Waals surface area (Å²) in [7, 11) is 0. The predicted molar refractivity (Wildman–Crippen MR) is 112 cm³/mol. The molecule has 8 heteroatoms. The molecule has 146 valence electrons. The predicted octanol–water partition coefficient (Wildman–Crippen LogP) is 5.08. The molecule has 0 N–H and O–H groups in total. The second-order valence-electron chi connectivity index (χ2n) is 6.35. The number of hydrogen-bond donors (Lipinski definition) is 0. The Hall–Kier alpha value is -3.10. The largest absolute Gasteiger partial charge is 0.486 e. The summed E-state index contributed by atoms with van der Waals surface area (Å²) in [5.74, 6) is 1.18. The highest BCUT2D eigenvalue weighted by Gasteiger charge is 2.24. The van der Waals surface area contributed by atoms with Gasteiger partial charge in [0.2, 0.25) is 0 Å². The summed E-state index contributed by atoms with van der Waals surface area (Å²) in [6.45, 7) is 1.48. The Morgan fingerprint density at radius 3 is 2.79 bits per heavy atom. The number of rotatable bonds is 5. The standard InChI is InChI=1S/C21H16N2O4S2/c24-21(17-13-29-20(22-17)14-5-6-25-12-14)23(11-16-2-1-9-28-16)15-3-4-18-19(10-15)27-8-7-26-18/h1-6,9-10,12-13H,7-8,11H2. The zero-order valence-electron chi connectivity index (χ0n) is 15.2. The van der Waals surface area contributed by atoms with Crippen molar-refractivity contribution in [1.29, 1.82) is 0 Å². The van der Waals surface area contributed by atoms with E-state index in [2.05, 4.69) is 4.98 Å². The molecule has 0 atom stereocenters. The Balaban J connectivity index is 1.49. The maximum absolute atomic E-state index is 13.4. The van der Waals surface area contributed by atoms with E-state index in [1.807, 2.05) is 41.8 Å². The molecule has 5 rings (SSSR count). The second-order valence-corrected chi connectivity index (χ2v) is 8.24. The third-order valence-corrected chi connectivity index (χ3v) is 6.22. The highest BCUT2D eigenvalue weighted by molar-refractivity contribution is 7.13. The second kappa shape index (κ2) is 7.73. The Morgan fingerprint density at radius 2 is 2.00 bits per heavy atom. The number of aromatic nitrogens is 1. The SMILES string of the molecule is O=C(c1csc(-c2ccoc2)n1)N(Cc1cccs1)c1ccc2c(c1)OCCO2. The summed E-state index contributed by atoms with van der Waals surface area (Å²) in [5, 5.41) is 4.53. The van der Waals surface area contributed by atoms with E-state index < -0.39 is 0 Å². The molecule has 0 saturated carbocycles. The molecule has 0 bridgehead atoms. The molecule has 3 aromatic heterocycles. The summed E-state index contributed by atoms with van der Waals surface area (Å²) in [4.78, 5) is 20.7. The highest BCUT2D eigenvalue weighted by atomic mass is 32.1. The van der Waals surface area contributed by atoms with E-state index in [1.54, 1.807) is 34.1 Å². The fourth-order valence-electron chi connectivity index (χ4n) is 3.07. The Morgan fingerprint density at radius 1 is 1.10 bits per heavy atom. The first-order chi connectivity index (χ1) is 14.3. The number of thiazole rings is 1. The van der Waals surface area contributed by atoms with Crippen LogP contribution in [0.15, 0.2) is 64.1 Å². The maximum atomic E-state index is 13.4. The van der Waals surface area contributed by atoms with E-state index in [1.165, 1.54) is 11.3 Å². The Labute approximate surface area is 174 Å². The third-order valence-electron chi connectivity index (χ3n) is 4.47.